The van der Waals surface area contributed by atoms with Gasteiger partial charge in [-0.05, 0) is 43.7 Å². The second kappa shape index (κ2) is 7.35. The Morgan fingerprint density at radius 1 is 1.16 bits per heavy atom. The van der Waals surface area contributed by atoms with Gasteiger partial charge in [-0.1, -0.05) is 19.1 Å². The van der Waals surface area contributed by atoms with E-state index >= 15 is 0 Å². The fraction of sp³-hybridized carbons (Fsp3) is 0.565. The standard InChI is InChI=1S/C23H27N3O5/c1-15-5-4-12-24(13-15)20(28)14-31-22(30)23-11-10-19(27)26(23)18-7-3-2-6-17(18)21(29)25(23)16-8-9-16/h2-3,6-7,15-16H,4-5,8-14H2,1H3/t15-,23+/m0/s1. The van der Waals surface area contributed by atoms with Gasteiger partial charge in [-0.2, -0.15) is 0 Å². The normalized spacial score (nSPS) is 27.8. The van der Waals surface area contributed by atoms with Gasteiger partial charge in [0.25, 0.3) is 11.8 Å². The Kier molecular flexibility index (Phi) is 4.75. The average molecular weight is 425 g/mol. The summed E-state index contributed by atoms with van der Waals surface area (Å²) in [6.07, 6.45) is 3.92. The quantitative estimate of drug-likeness (QED) is 0.688. The van der Waals surface area contributed by atoms with Crippen LogP contribution in [0.1, 0.15) is 55.8 Å². The van der Waals surface area contributed by atoms with Crippen LogP contribution in [0.15, 0.2) is 24.3 Å². The number of fused-ring (bicyclic) bond motifs is 3. The van der Waals surface area contributed by atoms with Crippen molar-refractivity contribution in [1.82, 2.24) is 9.80 Å². The minimum Gasteiger partial charge on any atom is -0.452 e. The lowest BCUT2D eigenvalue weighted by Crippen LogP contribution is -2.69. The molecule has 8 heteroatoms. The number of likely N-dealkylation sites (tertiary alicyclic amines) is 1. The summed E-state index contributed by atoms with van der Waals surface area (Å²) in [5.74, 6) is -0.956. The van der Waals surface area contributed by atoms with Crippen LogP contribution >= 0.6 is 0 Å². The third-order valence-corrected chi connectivity index (χ3v) is 6.87. The fourth-order valence-electron chi connectivity index (χ4n) is 5.26. The molecule has 4 aliphatic rings. The monoisotopic (exact) mass is 425 g/mol. The summed E-state index contributed by atoms with van der Waals surface area (Å²) >= 11 is 0. The molecule has 2 saturated heterocycles. The number of ether oxygens (including phenoxy) is 1. The van der Waals surface area contributed by atoms with Gasteiger partial charge in [0.1, 0.15) is 0 Å². The molecule has 2 atom stereocenters. The van der Waals surface area contributed by atoms with Crippen molar-refractivity contribution < 1.29 is 23.9 Å². The van der Waals surface area contributed by atoms with Gasteiger partial charge in [0, 0.05) is 32.0 Å². The molecular weight excluding hydrogens is 398 g/mol. The molecule has 31 heavy (non-hydrogen) atoms. The minimum absolute atomic E-state index is 0.0968. The summed E-state index contributed by atoms with van der Waals surface area (Å²) in [6, 6.07) is 6.80. The summed E-state index contributed by atoms with van der Waals surface area (Å²) in [5, 5.41) is 0. The van der Waals surface area contributed by atoms with E-state index in [0.29, 0.717) is 30.3 Å². The molecule has 0 radical (unpaired) electrons. The predicted octanol–water partition coefficient (Wildman–Crippen LogP) is 1.93. The molecule has 0 N–H and O–H groups in total. The van der Waals surface area contributed by atoms with Crippen molar-refractivity contribution in [2.45, 2.75) is 57.2 Å². The smallest absolute Gasteiger partial charge is 0.354 e. The van der Waals surface area contributed by atoms with Gasteiger partial charge in [-0.3, -0.25) is 19.3 Å². The van der Waals surface area contributed by atoms with E-state index in [2.05, 4.69) is 6.92 Å². The maximum absolute atomic E-state index is 13.5. The number of anilines is 1. The maximum atomic E-state index is 13.5. The molecule has 5 rings (SSSR count). The van der Waals surface area contributed by atoms with Crippen molar-refractivity contribution >= 4 is 29.4 Å². The first-order valence-electron chi connectivity index (χ1n) is 11.1. The number of piperidine rings is 1. The van der Waals surface area contributed by atoms with Crippen molar-refractivity contribution in [2.24, 2.45) is 5.92 Å². The Balaban J connectivity index is 1.44. The van der Waals surface area contributed by atoms with Gasteiger partial charge >= 0.3 is 5.97 Å². The van der Waals surface area contributed by atoms with Crippen molar-refractivity contribution in [3.8, 4) is 0 Å². The highest BCUT2D eigenvalue weighted by Gasteiger charge is 2.64. The average Bonchev–Trinajstić information content (AvgIpc) is 3.54. The van der Waals surface area contributed by atoms with E-state index in [9.17, 15) is 19.2 Å². The van der Waals surface area contributed by atoms with Crippen LogP contribution in [0.3, 0.4) is 0 Å². The molecule has 1 saturated carbocycles. The molecule has 8 nitrogen and oxygen atoms in total. The van der Waals surface area contributed by atoms with Gasteiger partial charge in [0.2, 0.25) is 11.6 Å². The molecule has 1 aromatic carbocycles. The molecule has 0 unspecified atom stereocenters. The molecule has 0 bridgehead atoms. The van der Waals surface area contributed by atoms with Crippen LogP contribution in [-0.4, -0.2) is 64.9 Å². The third-order valence-electron chi connectivity index (χ3n) is 6.87. The van der Waals surface area contributed by atoms with Crippen LogP contribution in [0.5, 0.6) is 0 Å². The number of para-hydroxylation sites is 1. The molecule has 3 aliphatic heterocycles. The Morgan fingerprint density at radius 3 is 2.68 bits per heavy atom. The Labute approximate surface area is 181 Å². The molecule has 1 aliphatic carbocycles. The molecule has 164 valence electrons. The van der Waals surface area contributed by atoms with Crippen LogP contribution in [0.4, 0.5) is 5.69 Å². The summed E-state index contributed by atoms with van der Waals surface area (Å²) in [4.78, 5) is 57.2. The van der Waals surface area contributed by atoms with Crippen molar-refractivity contribution in [3.63, 3.8) is 0 Å². The Morgan fingerprint density at radius 2 is 1.94 bits per heavy atom. The number of amides is 3. The second-order valence-corrected chi connectivity index (χ2v) is 9.13. The molecule has 3 heterocycles. The molecule has 0 spiro atoms. The van der Waals surface area contributed by atoms with Crippen molar-refractivity contribution in [3.05, 3.63) is 29.8 Å². The number of carbonyl (C=O) groups is 4. The zero-order chi connectivity index (χ0) is 21.8. The molecular formula is C23H27N3O5. The molecule has 1 aromatic rings. The number of hydrogen-bond acceptors (Lipinski definition) is 5. The number of carbonyl (C=O) groups excluding carboxylic acids is 4. The SMILES string of the molecule is C[C@H]1CCCN(C(=O)COC(=O)[C@@]23CCC(=O)N2c2ccccc2C(=O)N3C2CC2)C1. The first-order valence-corrected chi connectivity index (χ1v) is 11.1. The van der Waals surface area contributed by atoms with E-state index in [4.69, 9.17) is 4.74 Å². The van der Waals surface area contributed by atoms with E-state index in [1.807, 2.05) is 0 Å². The highest BCUT2D eigenvalue weighted by atomic mass is 16.5. The molecule has 3 fully saturated rings. The van der Waals surface area contributed by atoms with Gasteiger partial charge in [-0.25, -0.2) is 4.79 Å². The lowest BCUT2D eigenvalue weighted by atomic mass is 9.96. The second-order valence-electron chi connectivity index (χ2n) is 9.13. The van der Waals surface area contributed by atoms with Crippen molar-refractivity contribution in [1.29, 1.82) is 0 Å². The van der Waals surface area contributed by atoms with E-state index in [0.717, 1.165) is 25.7 Å². The van der Waals surface area contributed by atoms with Gasteiger partial charge in [0.05, 0.1) is 11.3 Å². The summed E-state index contributed by atoms with van der Waals surface area (Å²) in [7, 11) is 0. The number of rotatable bonds is 4. The van der Waals surface area contributed by atoms with Crippen LogP contribution in [0, 0.1) is 5.92 Å². The largest absolute Gasteiger partial charge is 0.452 e. The van der Waals surface area contributed by atoms with Gasteiger partial charge in [-0.15, -0.1) is 0 Å². The van der Waals surface area contributed by atoms with Crippen LogP contribution in [-0.2, 0) is 19.1 Å². The predicted molar refractivity (Wildman–Crippen MR) is 111 cm³/mol. The fourth-order valence-corrected chi connectivity index (χ4v) is 5.26. The third kappa shape index (κ3) is 3.11. The van der Waals surface area contributed by atoms with Crippen LogP contribution in [0.25, 0.3) is 0 Å². The van der Waals surface area contributed by atoms with E-state index in [1.54, 1.807) is 34.1 Å². The van der Waals surface area contributed by atoms with E-state index in [1.165, 1.54) is 4.90 Å². The highest BCUT2D eigenvalue weighted by Crippen LogP contribution is 2.49. The number of benzene rings is 1. The number of nitrogens with zero attached hydrogens (tertiary/aromatic N) is 3. The van der Waals surface area contributed by atoms with E-state index in [-0.39, 0.29) is 43.2 Å². The Bertz CT molecular complexity index is 958. The van der Waals surface area contributed by atoms with E-state index < -0.39 is 11.6 Å². The first-order chi connectivity index (χ1) is 14.9. The topological polar surface area (TPSA) is 87.2 Å². The maximum Gasteiger partial charge on any atom is 0.354 e. The summed E-state index contributed by atoms with van der Waals surface area (Å²) < 4.78 is 5.54. The number of esters is 1. The lowest BCUT2D eigenvalue weighted by Gasteiger charge is -2.48. The molecule has 0 aromatic heterocycles. The number of hydrogen-bond donors (Lipinski definition) is 0. The first kappa shape index (κ1) is 20.0. The van der Waals surface area contributed by atoms with Gasteiger partial charge < -0.3 is 14.5 Å². The van der Waals surface area contributed by atoms with Crippen molar-refractivity contribution in [2.75, 3.05) is 24.6 Å². The Hall–Kier alpha value is -2.90. The zero-order valence-electron chi connectivity index (χ0n) is 17.7. The summed E-state index contributed by atoms with van der Waals surface area (Å²) in [5.41, 5.74) is -0.634. The van der Waals surface area contributed by atoms with Crippen LogP contribution in [0.2, 0.25) is 0 Å². The summed E-state index contributed by atoms with van der Waals surface area (Å²) in [6.45, 7) is 3.05. The molecule has 3 amide bonds. The van der Waals surface area contributed by atoms with Gasteiger partial charge in [0.15, 0.2) is 6.61 Å². The highest BCUT2D eigenvalue weighted by molar-refractivity contribution is 6.15. The van der Waals surface area contributed by atoms with Crippen LogP contribution < -0.4 is 4.90 Å². The zero-order valence-corrected chi connectivity index (χ0v) is 17.7. The minimum atomic E-state index is -1.50. The lowest BCUT2D eigenvalue weighted by molar-refractivity contribution is -0.162.